The summed E-state index contributed by atoms with van der Waals surface area (Å²) in [5.41, 5.74) is 5.95. The van der Waals surface area contributed by atoms with E-state index in [1.165, 1.54) is 28.3 Å². The Morgan fingerprint density at radius 1 is 1.19 bits per heavy atom. The SMILES string of the molecule is Cc1ccncc1-c1cccc(CN2CC[C@]3(CNSN3c3cccc(F)c3)C[C@@H]2C)c1. The van der Waals surface area contributed by atoms with Gasteiger partial charge in [-0.15, -0.1) is 0 Å². The number of nitrogens with one attached hydrogen (secondary N) is 1. The number of hydrogen-bond donors (Lipinski definition) is 1. The van der Waals surface area contributed by atoms with Gasteiger partial charge >= 0.3 is 0 Å². The van der Waals surface area contributed by atoms with Gasteiger partial charge in [0, 0.05) is 55.8 Å². The molecule has 166 valence electrons. The molecule has 2 aliphatic rings. The Labute approximate surface area is 194 Å². The number of piperidine rings is 1. The van der Waals surface area contributed by atoms with Gasteiger partial charge in [0.25, 0.3) is 0 Å². The third kappa shape index (κ3) is 4.15. The molecule has 2 aromatic carbocycles. The number of aromatic nitrogens is 1. The normalized spacial score (nSPS) is 23.7. The molecule has 0 unspecified atom stereocenters. The maximum Gasteiger partial charge on any atom is 0.125 e. The number of hydrogen-bond acceptors (Lipinski definition) is 5. The second-order valence-corrected chi connectivity index (χ2v) is 9.91. The number of halogens is 1. The molecule has 1 spiro atoms. The lowest BCUT2D eigenvalue weighted by molar-refractivity contribution is 0.106. The Bertz CT molecular complexity index is 1110. The van der Waals surface area contributed by atoms with Gasteiger partial charge in [0.05, 0.1) is 11.2 Å². The van der Waals surface area contributed by atoms with Crippen molar-refractivity contribution in [2.75, 3.05) is 17.4 Å². The van der Waals surface area contributed by atoms with Crippen molar-refractivity contribution in [1.82, 2.24) is 14.6 Å². The Kier molecular flexibility index (Phi) is 5.93. The molecule has 0 amide bonds. The summed E-state index contributed by atoms with van der Waals surface area (Å²) in [6, 6.07) is 18.3. The largest absolute Gasteiger partial charge is 0.296 e. The van der Waals surface area contributed by atoms with Crippen LogP contribution in [0.3, 0.4) is 0 Å². The number of pyridine rings is 1. The third-order valence-electron chi connectivity index (χ3n) is 6.86. The minimum Gasteiger partial charge on any atom is -0.296 e. The molecule has 1 N–H and O–H groups in total. The van der Waals surface area contributed by atoms with Crippen molar-refractivity contribution in [2.45, 2.75) is 44.8 Å². The molecule has 6 heteroatoms. The van der Waals surface area contributed by atoms with Gasteiger partial charge in [-0.25, -0.2) is 9.11 Å². The molecule has 4 nitrogen and oxygen atoms in total. The van der Waals surface area contributed by atoms with Crippen molar-refractivity contribution in [3.05, 3.63) is 83.9 Å². The Morgan fingerprint density at radius 2 is 2.06 bits per heavy atom. The quantitative estimate of drug-likeness (QED) is 0.526. The summed E-state index contributed by atoms with van der Waals surface area (Å²) in [6.45, 7) is 7.33. The van der Waals surface area contributed by atoms with E-state index >= 15 is 0 Å². The number of nitrogens with zero attached hydrogens (tertiary/aromatic N) is 3. The molecule has 1 aromatic heterocycles. The van der Waals surface area contributed by atoms with Gasteiger partial charge in [-0.1, -0.05) is 24.3 Å². The Hall–Kier alpha value is -2.41. The van der Waals surface area contributed by atoms with Crippen LogP contribution in [0.5, 0.6) is 0 Å². The number of anilines is 1. The van der Waals surface area contributed by atoms with Crippen LogP contribution in [-0.2, 0) is 6.54 Å². The summed E-state index contributed by atoms with van der Waals surface area (Å²) in [6.07, 6.45) is 5.89. The van der Waals surface area contributed by atoms with Crippen molar-refractivity contribution in [2.24, 2.45) is 0 Å². The molecule has 3 heterocycles. The monoisotopic (exact) mass is 448 g/mol. The van der Waals surface area contributed by atoms with Crippen LogP contribution in [0, 0.1) is 12.7 Å². The molecule has 0 radical (unpaired) electrons. The molecule has 2 fully saturated rings. The predicted octanol–water partition coefficient (Wildman–Crippen LogP) is 5.59. The molecular formula is C26H29FN4S. The van der Waals surface area contributed by atoms with Crippen molar-refractivity contribution in [3.63, 3.8) is 0 Å². The minimum absolute atomic E-state index is 0.0169. The number of likely N-dealkylation sites (tertiary alicyclic amines) is 1. The maximum absolute atomic E-state index is 13.9. The predicted molar refractivity (Wildman–Crippen MR) is 131 cm³/mol. The van der Waals surface area contributed by atoms with Gasteiger partial charge in [-0.2, -0.15) is 0 Å². The van der Waals surface area contributed by atoms with Crippen LogP contribution in [-0.4, -0.2) is 34.6 Å². The lowest BCUT2D eigenvalue weighted by Crippen LogP contribution is -2.56. The van der Waals surface area contributed by atoms with E-state index in [1.807, 2.05) is 18.5 Å². The van der Waals surface area contributed by atoms with Gasteiger partial charge in [0.2, 0.25) is 0 Å². The lowest BCUT2D eigenvalue weighted by Gasteiger charge is -2.47. The second-order valence-electron chi connectivity index (χ2n) is 9.08. The molecular weight excluding hydrogens is 419 g/mol. The van der Waals surface area contributed by atoms with E-state index in [2.05, 4.69) is 63.1 Å². The topological polar surface area (TPSA) is 31.4 Å². The van der Waals surface area contributed by atoms with E-state index in [0.717, 1.165) is 38.2 Å². The summed E-state index contributed by atoms with van der Waals surface area (Å²) >= 11 is 1.61. The standard InChI is InChI=1S/C26H29FN4S/c1-19-9-11-28-16-25(19)22-6-3-5-21(13-22)17-30-12-10-26(15-20(30)2)18-29-32-31(26)24-8-4-7-23(27)14-24/h3-9,11,13-14,16,20,29H,10,12,15,17-18H2,1-2H3/t20-,26+/m0/s1. The van der Waals surface area contributed by atoms with Crippen LogP contribution in [0.15, 0.2) is 67.0 Å². The summed E-state index contributed by atoms with van der Waals surface area (Å²) in [7, 11) is 0. The van der Waals surface area contributed by atoms with E-state index < -0.39 is 0 Å². The third-order valence-corrected chi connectivity index (χ3v) is 7.91. The Morgan fingerprint density at radius 3 is 2.88 bits per heavy atom. The first-order valence-corrected chi connectivity index (χ1v) is 12.0. The fraction of sp³-hybridized carbons (Fsp3) is 0.346. The average molecular weight is 449 g/mol. The maximum atomic E-state index is 13.9. The van der Waals surface area contributed by atoms with Crippen LogP contribution in [0.25, 0.3) is 11.1 Å². The van der Waals surface area contributed by atoms with Crippen LogP contribution in [0.1, 0.15) is 30.9 Å². The summed E-state index contributed by atoms with van der Waals surface area (Å²) in [4.78, 5) is 6.89. The first kappa shape index (κ1) is 21.4. The highest BCUT2D eigenvalue weighted by atomic mass is 32.2. The molecule has 0 aliphatic carbocycles. The molecule has 5 rings (SSSR count). The average Bonchev–Trinajstić information content (AvgIpc) is 3.19. The van der Waals surface area contributed by atoms with E-state index in [1.54, 1.807) is 24.3 Å². The van der Waals surface area contributed by atoms with Crippen molar-refractivity contribution < 1.29 is 4.39 Å². The zero-order valence-corrected chi connectivity index (χ0v) is 19.4. The van der Waals surface area contributed by atoms with Crippen molar-refractivity contribution >= 4 is 17.8 Å². The van der Waals surface area contributed by atoms with E-state index in [9.17, 15) is 4.39 Å². The minimum atomic E-state index is -0.181. The summed E-state index contributed by atoms with van der Waals surface area (Å²) in [5.74, 6) is -0.181. The van der Waals surface area contributed by atoms with E-state index in [0.29, 0.717) is 6.04 Å². The second kappa shape index (κ2) is 8.85. The smallest absolute Gasteiger partial charge is 0.125 e. The van der Waals surface area contributed by atoms with Crippen molar-refractivity contribution in [1.29, 1.82) is 0 Å². The van der Waals surface area contributed by atoms with E-state index in [4.69, 9.17) is 0 Å². The van der Waals surface area contributed by atoms with Crippen LogP contribution >= 0.6 is 12.1 Å². The summed E-state index contributed by atoms with van der Waals surface area (Å²) in [5, 5.41) is 0. The first-order chi connectivity index (χ1) is 15.5. The molecule has 2 saturated heterocycles. The molecule has 0 saturated carbocycles. The summed E-state index contributed by atoms with van der Waals surface area (Å²) < 4.78 is 19.6. The highest BCUT2D eigenvalue weighted by Gasteiger charge is 2.46. The zero-order valence-electron chi connectivity index (χ0n) is 18.6. The zero-order chi connectivity index (χ0) is 22.1. The highest BCUT2D eigenvalue weighted by Crippen LogP contribution is 2.43. The fourth-order valence-electron chi connectivity index (χ4n) is 5.10. The molecule has 0 bridgehead atoms. The number of benzene rings is 2. The van der Waals surface area contributed by atoms with Crippen LogP contribution < -0.4 is 9.03 Å². The van der Waals surface area contributed by atoms with Crippen molar-refractivity contribution in [3.8, 4) is 11.1 Å². The fourth-order valence-corrected chi connectivity index (χ4v) is 6.21. The van der Waals surface area contributed by atoms with Crippen LogP contribution in [0.4, 0.5) is 10.1 Å². The lowest BCUT2D eigenvalue weighted by atomic mass is 9.83. The van der Waals surface area contributed by atoms with Gasteiger partial charge in [-0.3, -0.25) is 14.2 Å². The number of rotatable bonds is 4. The highest BCUT2D eigenvalue weighted by molar-refractivity contribution is 7.99. The molecule has 3 aromatic rings. The van der Waals surface area contributed by atoms with Gasteiger partial charge < -0.3 is 0 Å². The van der Waals surface area contributed by atoms with Crippen LogP contribution in [0.2, 0.25) is 0 Å². The molecule has 32 heavy (non-hydrogen) atoms. The van der Waals surface area contributed by atoms with E-state index in [-0.39, 0.29) is 11.4 Å². The first-order valence-electron chi connectivity index (χ1n) is 11.2. The van der Waals surface area contributed by atoms with Gasteiger partial charge in [-0.05, 0) is 73.7 Å². The number of aryl methyl sites for hydroxylation is 1. The molecule has 2 aliphatic heterocycles. The Balaban J connectivity index is 1.31. The van der Waals surface area contributed by atoms with Gasteiger partial charge in [0.15, 0.2) is 0 Å². The van der Waals surface area contributed by atoms with Gasteiger partial charge in [0.1, 0.15) is 5.82 Å². The molecule has 2 atom stereocenters.